The van der Waals surface area contributed by atoms with E-state index in [0.717, 1.165) is 17.0 Å². The van der Waals surface area contributed by atoms with Gasteiger partial charge in [0.2, 0.25) is 0 Å². The molecule has 3 N–H and O–H groups in total. The second kappa shape index (κ2) is 7.13. The van der Waals surface area contributed by atoms with Crippen LogP contribution in [0.15, 0.2) is 53.5 Å². The van der Waals surface area contributed by atoms with Crippen LogP contribution in [0.5, 0.6) is 5.75 Å². The summed E-state index contributed by atoms with van der Waals surface area (Å²) in [4.78, 5) is 4.37. The van der Waals surface area contributed by atoms with E-state index in [0.29, 0.717) is 12.5 Å². The van der Waals surface area contributed by atoms with Gasteiger partial charge in [0.1, 0.15) is 11.6 Å². The van der Waals surface area contributed by atoms with Gasteiger partial charge < -0.3 is 15.8 Å². The van der Waals surface area contributed by atoms with Crippen molar-refractivity contribution in [2.24, 2.45) is 10.7 Å². The predicted molar refractivity (Wildman–Crippen MR) is 92.5 cm³/mol. The smallest absolute Gasteiger partial charge is 0.193 e. The minimum absolute atomic E-state index is 0.246. The lowest BCUT2D eigenvalue weighted by Crippen LogP contribution is -2.27. The third kappa shape index (κ3) is 4.71. The van der Waals surface area contributed by atoms with Crippen LogP contribution in [0.4, 0.5) is 10.1 Å². The molecule has 5 heteroatoms. The molecule has 0 radical (unpaired) electrons. The first-order valence-electron chi connectivity index (χ1n) is 7.38. The number of methoxy groups -OCH3 is 1. The number of ether oxygens (including phenoxy) is 1. The zero-order chi connectivity index (χ0) is 16.9. The van der Waals surface area contributed by atoms with Crippen LogP contribution in [0.1, 0.15) is 19.4 Å². The number of guanidine groups is 1. The monoisotopic (exact) mass is 315 g/mol. The Balaban J connectivity index is 2.02. The minimum atomic E-state index is -0.311. The molecule has 0 fully saturated rings. The van der Waals surface area contributed by atoms with Crippen molar-refractivity contribution in [1.82, 2.24) is 0 Å². The molecule has 0 aromatic heterocycles. The number of hydrogen-bond donors (Lipinski definition) is 2. The predicted octanol–water partition coefficient (Wildman–Crippen LogP) is 3.54. The normalized spacial score (nSPS) is 12.1. The first-order valence-corrected chi connectivity index (χ1v) is 7.38. The third-order valence-electron chi connectivity index (χ3n) is 3.61. The standard InChI is InChI=1S/C18H22FN3O/c1-18(2,13-5-4-6-14(19)11-13)12-21-17(20)22-15-7-9-16(23-3)10-8-15/h4-11H,12H2,1-3H3,(H3,20,21,22). The second-order valence-corrected chi connectivity index (χ2v) is 5.95. The maximum absolute atomic E-state index is 13.4. The number of aliphatic imine (C=N–C) groups is 1. The average molecular weight is 315 g/mol. The lowest BCUT2D eigenvalue weighted by molar-refractivity contribution is 0.415. The number of nitrogens with zero attached hydrogens (tertiary/aromatic N) is 1. The van der Waals surface area contributed by atoms with Gasteiger partial charge in [0.25, 0.3) is 0 Å². The molecule has 0 atom stereocenters. The summed E-state index contributed by atoms with van der Waals surface area (Å²) >= 11 is 0. The zero-order valence-electron chi connectivity index (χ0n) is 13.6. The lowest BCUT2D eigenvalue weighted by atomic mass is 9.85. The van der Waals surface area contributed by atoms with Crippen LogP contribution in [0.25, 0.3) is 0 Å². The zero-order valence-corrected chi connectivity index (χ0v) is 13.6. The van der Waals surface area contributed by atoms with E-state index in [4.69, 9.17) is 10.5 Å². The summed E-state index contributed by atoms with van der Waals surface area (Å²) in [5.74, 6) is 0.849. The Labute approximate surface area is 136 Å². The van der Waals surface area contributed by atoms with Crippen LogP contribution in [-0.2, 0) is 5.41 Å². The van der Waals surface area contributed by atoms with Crippen molar-refractivity contribution in [3.63, 3.8) is 0 Å². The van der Waals surface area contributed by atoms with Crippen LogP contribution in [0, 0.1) is 5.82 Å². The van der Waals surface area contributed by atoms with Gasteiger partial charge in [0, 0.05) is 11.1 Å². The van der Waals surface area contributed by atoms with Crippen molar-refractivity contribution in [3.8, 4) is 5.75 Å². The van der Waals surface area contributed by atoms with E-state index in [-0.39, 0.29) is 11.2 Å². The first kappa shape index (κ1) is 16.8. The Hall–Kier alpha value is -2.56. The van der Waals surface area contributed by atoms with Crippen molar-refractivity contribution in [2.45, 2.75) is 19.3 Å². The van der Waals surface area contributed by atoms with E-state index < -0.39 is 0 Å². The fourth-order valence-electron chi connectivity index (χ4n) is 2.15. The summed E-state index contributed by atoms with van der Waals surface area (Å²) < 4.78 is 18.5. The van der Waals surface area contributed by atoms with Crippen LogP contribution in [0.3, 0.4) is 0 Å². The molecule has 23 heavy (non-hydrogen) atoms. The molecule has 0 amide bonds. The average Bonchev–Trinajstić information content (AvgIpc) is 2.54. The van der Waals surface area contributed by atoms with Crippen LogP contribution >= 0.6 is 0 Å². The number of anilines is 1. The summed E-state index contributed by atoms with van der Waals surface area (Å²) in [5, 5.41) is 3.03. The molecule has 2 aromatic rings. The van der Waals surface area contributed by atoms with Crippen molar-refractivity contribution in [2.75, 3.05) is 19.0 Å². The SMILES string of the molecule is COc1ccc(NC(N)=NCC(C)(C)c2cccc(F)c2)cc1. The molecule has 0 spiro atoms. The lowest BCUT2D eigenvalue weighted by Gasteiger charge is -2.23. The fourth-order valence-corrected chi connectivity index (χ4v) is 2.15. The molecule has 0 bridgehead atoms. The highest BCUT2D eigenvalue weighted by Gasteiger charge is 2.20. The van der Waals surface area contributed by atoms with Crippen molar-refractivity contribution in [3.05, 3.63) is 59.9 Å². The van der Waals surface area contributed by atoms with Gasteiger partial charge >= 0.3 is 0 Å². The first-order chi connectivity index (χ1) is 10.9. The van der Waals surface area contributed by atoms with E-state index in [9.17, 15) is 4.39 Å². The molecular formula is C18H22FN3O. The maximum atomic E-state index is 13.4. The third-order valence-corrected chi connectivity index (χ3v) is 3.61. The summed E-state index contributed by atoms with van der Waals surface area (Å²) in [6, 6.07) is 14.0. The fraction of sp³-hybridized carbons (Fsp3) is 0.278. The van der Waals surface area contributed by atoms with E-state index in [1.165, 1.54) is 12.1 Å². The molecule has 0 aliphatic carbocycles. The summed E-state index contributed by atoms with van der Waals surface area (Å²) in [6.45, 7) is 4.46. The molecular weight excluding hydrogens is 293 g/mol. The van der Waals surface area contributed by atoms with Crippen molar-refractivity contribution < 1.29 is 9.13 Å². The Morgan fingerprint density at radius 1 is 1.22 bits per heavy atom. The Kier molecular flexibility index (Phi) is 5.21. The maximum Gasteiger partial charge on any atom is 0.193 e. The molecule has 0 saturated heterocycles. The molecule has 0 aliphatic rings. The van der Waals surface area contributed by atoms with E-state index in [1.54, 1.807) is 13.2 Å². The Morgan fingerprint density at radius 3 is 2.52 bits per heavy atom. The highest BCUT2D eigenvalue weighted by Crippen LogP contribution is 2.24. The molecule has 122 valence electrons. The van der Waals surface area contributed by atoms with Crippen LogP contribution in [-0.4, -0.2) is 19.6 Å². The van der Waals surface area contributed by atoms with Gasteiger partial charge in [-0.1, -0.05) is 26.0 Å². The van der Waals surface area contributed by atoms with Crippen LogP contribution in [0.2, 0.25) is 0 Å². The summed E-state index contributed by atoms with van der Waals surface area (Å²) in [5.41, 5.74) is 7.33. The van der Waals surface area contributed by atoms with Crippen molar-refractivity contribution >= 4 is 11.6 Å². The van der Waals surface area contributed by atoms with E-state index in [1.807, 2.05) is 44.2 Å². The van der Waals surface area contributed by atoms with Gasteiger partial charge in [-0.2, -0.15) is 0 Å². The molecule has 0 heterocycles. The summed E-state index contributed by atoms with van der Waals surface area (Å²) in [7, 11) is 1.62. The second-order valence-electron chi connectivity index (χ2n) is 5.95. The van der Waals surface area contributed by atoms with Gasteiger partial charge in [-0.15, -0.1) is 0 Å². The van der Waals surface area contributed by atoms with Crippen molar-refractivity contribution in [1.29, 1.82) is 0 Å². The molecule has 4 nitrogen and oxygen atoms in total. The molecule has 0 aliphatic heterocycles. The van der Waals surface area contributed by atoms with Crippen LogP contribution < -0.4 is 15.8 Å². The van der Waals surface area contributed by atoms with Gasteiger partial charge in [0.15, 0.2) is 5.96 Å². The van der Waals surface area contributed by atoms with Gasteiger partial charge in [-0.25, -0.2) is 4.39 Å². The van der Waals surface area contributed by atoms with Gasteiger partial charge in [-0.3, -0.25) is 4.99 Å². The Bertz CT molecular complexity index is 681. The number of rotatable bonds is 5. The highest BCUT2D eigenvalue weighted by molar-refractivity contribution is 5.92. The largest absolute Gasteiger partial charge is 0.497 e. The molecule has 2 rings (SSSR count). The number of halogens is 1. The summed E-state index contributed by atoms with van der Waals surface area (Å²) in [6.07, 6.45) is 0. The van der Waals surface area contributed by atoms with Gasteiger partial charge in [0.05, 0.1) is 13.7 Å². The molecule has 0 saturated carbocycles. The number of hydrogen-bond acceptors (Lipinski definition) is 2. The Morgan fingerprint density at radius 2 is 1.91 bits per heavy atom. The van der Waals surface area contributed by atoms with E-state index >= 15 is 0 Å². The number of nitrogens with one attached hydrogen (secondary N) is 1. The number of nitrogens with two attached hydrogens (primary N) is 1. The molecule has 2 aromatic carbocycles. The quantitative estimate of drug-likeness (QED) is 0.655. The van der Waals surface area contributed by atoms with E-state index in [2.05, 4.69) is 10.3 Å². The van der Waals surface area contributed by atoms with Gasteiger partial charge in [-0.05, 0) is 42.0 Å². The molecule has 0 unspecified atom stereocenters. The highest BCUT2D eigenvalue weighted by atomic mass is 19.1. The topological polar surface area (TPSA) is 59.6 Å². The number of benzene rings is 2. The minimum Gasteiger partial charge on any atom is -0.497 e.